The Balaban J connectivity index is 1.92. The third-order valence-corrected chi connectivity index (χ3v) is 3.98. The van der Waals surface area contributed by atoms with Gasteiger partial charge >= 0.3 is 5.97 Å². The van der Waals surface area contributed by atoms with Crippen molar-refractivity contribution in [1.82, 2.24) is 4.98 Å². The second-order valence-electron chi connectivity index (χ2n) is 6.38. The van der Waals surface area contributed by atoms with Crippen molar-refractivity contribution in [3.05, 3.63) is 51.8 Å². The highest BCUT2D eigenvalue weighted by Crippen LogP contribution is 2.19. The molecule has 6 nitrogen and oxygen atoms in total. The lowest BCUT2D eigenvalue weighted by Gasteiger charge is -2.08. The molecule has 26 heavy (non-hydrogen) atoms. The van der Waals surface area contributed by atoms with Crippen LogP contribution < -0.4 is 4.74 Å². The fourth-order valence-electron chi connectivity index (χ4n) is 2.98. The van der Waals surface area contributed by atoms with E-state index in [-0.39, 0.29) is 18.1 Å². The lowest BCUT2D eigenvalue weighted by atomic mass is 10.1. The van der Waals surface area contributed by atoms with Crippen LogP contribution in [0, 0.1) is 27.7 Å². The third kappa shape index (κ3) is 4.59. The molecule has 1 N–H and O–H groups in total. The maximum absolute atomic E-state index is 12.3. The maximum atomic E-state index is 12.3. The fraction of sp³-hybridized carbons (Fsp3) is 0.350. The molecule has 1 heterocycles. The van der Waals surface area contributed by atoms with Gasteiger partial charge in [0, 0.05) is 11.3 Å². The molecule has 0 atom stereocenters. The van der Waals surface area contributed by atoms with E-state index in [2.05, 4.69) is 4.98 Å². The molecule has 0 amide bonds. The van der Waals surface area contributed by atoms with E-state index in [0.29, 0.717) is 22.6 Å². The fourth-order valence-corrected chi connectivity index (χ4v) is 2.98. The number of hydrogen-bond donors (Lipinski definition) is 1. The zero-order valence-electron chi connectivity index (χ0n) is 15.7. The first kappa shape index (κ1) is 19.4. The number of aromatic amines is 1. The number of esters is 1. The molecule has 0 fully saturated rings. The minimum atomic E-state index is -0.634. The third-order valence-electron chi connectivity index (χ3n) is 3.98. The summed E-state index contributed by atoms with van der Waals surface area (Å²) in [7, 11) is 0. The molecule has 6 heteroatoms. The van der Waals surface area contributed by atoms with Crippen molar-refractivity contribution in [3.63, 3.8) is 0 Å². The summed E-state index contributed by atoms with van der Waals surface area (Å²) in [5.41, 5.74) is 4.05. The summed E-state index contributed by atoms with van der Waals surface area (Å²) >= 11 is 0. The highest BCUT2D eigenvalue weighted by molar-refractivity contribution is 6.04. The quantitative estimate of drug-likeness (QED) is 0.607. The molecule has 0 aliphatic heterocycles. The highest BCUT2D eigenvalue weighted by Gasteiger charge is 2.20. The molecule has 0 spiro atoms. The Morgan fingerprint density at radius 3 is 2.12 bits per heavy atom. The SMILES string of the molecule is CC(=O)c1c(C)[nH]c(C(=O)COC(=O)COc2cc(C)cc(C)c2)c1C. The number of Topliss-reactive ketones (excluding diaryl/α,β-unsaturated/α-hetero) is 2. The first-order chi connectivity index (χ1) is 12.2. The lowest BCUT2D eigenvalue weighted by molar-refractivity contribution is -0.144. The average molecular weight is 357 g/mol. The van der Waals surface area contributed by atoms with Gasteiger partial charge in [-0.05, 0) is 63.4 Å². The molecular formula is C20H23NO5. The number of ketones is 2. The smallest absolute Gasteiger partial charge is 0.344 e. The predicted octanol–water partition coefficient (Wildman–Crippen LogP) is 3.26. The number of nitrogens with one attached hydrogen (secondary N) is 1. The molecule has 138 valence electrons. The van der Waals surface area contributed by atoms with Gasteiger partial charge in [-0.15, -0.1) is 0 Å². The summed E-state index contributed by atoms with van der Waals surface area (Å²) in [6.45, 7) is 8.05. The van der Waals surface area contributed by atoms with Crippen molar-refractivity contribution in [1.29, 1.82) is 0 Å². The van der Waals surface area contributed by atoms with Gasteiger partial charge in [0.25, 0.3) is 0 Å². The Morgan fingerprint density at radius 1 is 0.962 bits per heavy atom. The van der Waals surface area contributed by atoms with E-state index < -0.39 is 18.4 Å². The van der Waals surface area contributed by atoms with Crippen LogP contribution in [0.15, 0.2) is 18.2 Å². The molecule has 0 radical (unpaired) electrons. The molecule has 0 saturated heterocycles. The summed E-state index contributed by atoms with van der Waals surface area (Å²) in [5, 5.41) is 0. The van der Waals surface area contributed by atoms with Gasteiger partial charge in [-0.2, -0.15) is 0 Å². The van der Waals surface area contributed by atoms with Crippen molar-refractivity contribution in [2.75, 3.05) is 13.2 Å². The zero-order valence-corrected chi connectivity index (χ0v) is 15.7. The minimum absolute atomic E-state index is 0.117. The van der Waals surface area contributed by atoms with Crippen LogP contribution in [0.4, 0.5) is 0 Å². The van der Waals surface area contributed by atoms with Crippen LogP contribution in [0.5, 0.6) is 5.75 Å². The van der Waals surface area contributed by atoms with Crippen molar-refractivity contribution in [2.45, 2.75) is 34.6 Å². The maximum Gasteiger partial charge on any atom is 0.344 e. The van der Waals surface area contributed by atoms with Gasteiger partial charge in [0.2, 0.25) is 5.78 Å². The Hall–Kier alpha value is -2.89. The summed E-state index contributed by atoms with van der Waals surface area (Å²) in [4.78, 5) is 38.6. The summed E-state index contributed by atoms with van der Waals surface area (Å²) in [6, 6.07) is 5.64. The van der Waals surface area contributed by atoms with Gasteiger partial charge in [0.1, 0.15) is 5.75 Å². The van der Waals surface area contributed by atoms with Gasteiger partial charge in [-0.1, -0.05) is 6.07 Å². The van der Waals surface area contributed by atoms with E-state index in [0.717, 1.165) is 11.1 Å². The van der Waals surface area contributed by atoms with Crippen LogP contribution >= 0.6 is 0 Å². The Bertz CT molecular complexity index is 843. The second kappa shape index (κ2) is 7.99. The van der Waals surface area contributed by atoms with Crippen molar-refractivity contribution in [3.8, 4) is 5.75 Å². The molecule has 0 aliphatic rings. The molecule has 2 aromatic rings. The lowest BCUT2D eigenvalue weighted by Crippen LogP contribution is -2.20. The number of carbonyl (C=O) groups is 3. The van der Waals surface area contributed by atoms with E-state index in [1.54, 1.807) is 13.8 Å². The molecule has 0 unspecified atom stereocenters. The Labute approximate surface area is 152 Å². The van der Waals surface area contributed by atoms with Crippen LogP contribution in [-0.4, -0.2) is 35.7 Å². The molecule has 0 bridgehead atoms. The van der Waals surface area contributed by atoms with E-state index >= 15 is 0 Å². The molecule has 1 aromatic carbocycles. The minimum Gasteiger partial charge on any atom is -0.482 e. The average Bonchev–Trinajstić information content (AvgIpc) is 2.84. The summed E-state index contributed by atoms with van der Waals surface area (Å²) < 4.78 is 10.4. The molecule has 1 aromatic heterocycles. The van der Waals surface area contributed by atoms with Gasteiger partial charge < -0.3 is 14.5 Å². The molecule has 2 rings (SSSR count). The van der Waals surface area contributed by atoms with Gasteiger partial charge in [0.15, 0.2) is 19.0 Å². The van der Waals surface area contributed by atoms with Crippen molar-refractivity contribution >= 4 is 17.5 Å². The molecule has 0 saturated carbocycles. The number of benzene rings is 1. The van der Waals surface area contributed by atoms with Crippen LogP contribution in [0.1, 0.15) is 50.2 Å². The van der Waals surface area contributed by atoms with Crippen molar-refractivity contribution < 1.29 is 23.9 Å². The summed E-state index contributed by atoms with van der Waals surface area (Å²) in [5.74, 6) is -0.565. The zero-order chi connectivity index (χ0) is 19.4. The highest BCUT2D eigenvalue weighted by atomic mass is 16.6. The van der Waals surface area contributed by atoms with E-state index in [9.17, 15) is 14.4 Å². The van der Waals surface area contributed by atoms with Crippen LogP contribution in [0.2, 0.25) is 0 Å². The van der Waals surface area contributed by atoms with E-state index in [1.165, 1.54) is 6.92 Å². The van der Waals surface area contributed by atoms with Crippen LogP contribution in [-0.2, 0) is 9.53 Å². The summed E-state index contributed by atoms with van der Waals surface area (Å²) in [6.07, 6.45) is 0. The Kier molecular flexibility index (Phi) is 5.97. The second-order valence-corrected chi connectivity index (χ2v) is 6.38. The number of aryl methyl sites for hydroxylation is 3. The van der Waals surface area contributed by atoms with E-state index in [4.69, 9.17) is 9.47 Å². The van der Waals surface area contributed by atoms with E-state index in [1.807, 2.05) is 32.0 Å². The number of H-pyrrole nitrogens is 1. The number of carbonyl (C=O) groups excluding carboxylic acids is 3. The van der Waals surface area contributed by atoms with Gasteiger partial charge in [-0.25, -0.2) is 4.79 Å². The number of rotatable bonds is 7. The molecular weight excluding hydrogens is 334 g/mol. The Morgan fingerprint density at radius 2 is 1.58 bits per heavy atom. The van der Waals surface area contributed by atoms with Crippen LogP contribution in [0.3, 0.4) is 0 Å². The van der Waals surface area contributed by atoms with Crippen molar-refractivity contribution in [2.24, 2.45) is 0 Å². The first-order valence-electron chi connectivity index (χ1n) is 8.29. The molecule has 0 aliphatic carbocycles. The number of aromatic nitrogens is 1. The predicted molar refractivity (Wildman–Crippen MR) is 97.0 cm³/mol. The largest absolute Gasteiger partial charge is 0.482 e. The first-order valence-corrected chi connectivity index (χ1v) is 8.29. The van der Waals surface area contributed by atoms with Gasteiger partial charge in [-0.3, -0.25) is 9.59 Å². The monoisotopic (exact) mass is 357 g/mol. The number of hydrogen-bond acceptors (Lipinski definition) is 5. The number of ether oxygens (including phenoxy) is 2. The standard InChI is InChI=1S/C20H23NO5/c1-11-6-12(2)8-16(7-11)25-10-18(24)26-9-17(23)20-13(3)19(15(5)22)14(4)21-20/h6-8,21H,9-10H2,1-5H3. The van der Waals surface area contributed by atoms with Gasteiger partial charge in [0.05, 0.1) is 5.69 Å². The normalized spacial score (nSPS) is 10.5. The van der Waals surface area contributed by atoms with Crippen LogP contribution in [0.25, 0.3) is 0 Å². The topological polar surface area (TPSA) is 85.5 Å².